The third-order valence-electron chi connectivity index (χ3n) is 2.97. The molecule has 0 amide bonds. The fraction of sp³-hybridized carbons (Fsp3) is 0.286. The van der Waals surface area contributed by atoms with Gasteiger partial charge in [-0.2, -0.15) is 4.99 Å². The summed E-state index contributed by atoms with van der Waals surface area (Å²) in [7, 11) is 1.61. The van der Waals surface area contributed by atoms with Crippen molar-refractivity contribution in [3.63, 3.8) is 0 Å². The summed E-state index contributed by atoms with van der Waals surface area (Å²) in [6, 6.07) is 7.23. The van der Waals surface area contributed by atoms with Gasteiger partial charge in [0.05, 0.1) is 12.8 Å². The molecule has 0 saturated heterocycles. The molecule has 122 valence electrons. The van der Waals surface area contributed by atoms with E-state index in [4.69, 9.17) is 16.2 Å². The molecule has 1 aromatic carbocycles. The van der Waals surface area contributed by atoms with Crippen molar-refractivity contribution < 1.29 is 4.74 Å². The number of ether oxygens (including phenoxy) is 1. The Kier molecular flexibility index (Phi) is 8.37. The smallest absolute Gasteiger partial charge is 0.223 e. The molecule has 2 rings (SSSR count). The minimum Gasteiger partial charge on any atom is -0.497 e. The maximum atomic E-state index is 5.90. The van der Waals surface area contributed by atoms with Gasteiger partial charge in [0.25, 0.3) is 0 Å². The third-order valence-corrected chi connectivity index (χ3v) is 2.97. The van der Waals surface area contributed by atoms with Gasteiger partial charge < -0.3 is 21.1 Å². The standard InChI is InChI=1S/C14H19N5O.2ClH/c1-10-7-8-19(9-10)14(16)18-13(15)17-11-3-5-12(20-2)6-4-11;;/h3-7H,8-9H2,1-2H3,(H4,15,16,17,18);2*1H. The molecular weight excluding hydrogens is 325 g/mol. The van der Waals surface area contributed by atoms with Crippen LogP contribution in [0.4, 0.5) is 5.69 Å². The van der Waals surface area contributed by atoms with Crippen LogP contribution >= 0.6 is 24.8 Å². The average molecular weight is 346 g/mol. The molecule has 0 saturated carbocycles. The van der Waals surface area contributed by atoms with Crippen LogP contribution in [0.3, 0.4) is 0 Å². The van der Waals surface area contributed by atoms with Gasteiger partial charge >= 0.3 is 0 Å². The van der Waals surface area contributed by atoms with Gasteiger partial charge in [0, 0.05) is 13.1 Å². The minimum absolute atomic E-state index is 0. The largest absolute Gasteiger partial charge is 0.497 e. The molecule has 0 aliphatic carbocycles. The first-order valence-corrected chi connectivity index (χ1v) is 6.31. The first-order valence-electron chi connectivity index (χ1n) is 6.31. The van der Waals surface area contributed by atoms with Crippen molar-refractivity contribution in [2.75, 3.05) is 20.2 Å². The Bertz CT molecular complexity index is 569. The number of aliphatic imine (C=N–C) groups is 2. The van der Waals surface area contributed by atoms with Crippen molar-refractivity contribution in [3.05, 3.63) is 35.9 Å². The molecule has 0 bridgehead atoms. The predicted octanol–water partition coefficient (Wildman–Crippen LogP) is 2.06. The van der Waals surface area contributed by atoms with Crippen molar-refractivity contribution in [1.29, 1.82) is 0 Å². The second-order valence-electron chi connectivity index (χ2n) is 4.57. The lowest BCUT2D eigenvalue weighted by Gasteiger charge is -2.16. The zero-order valence-corrected chi connectivity index (χ0v) is 14.2. The Balaban J connectivity index is 0.00000220. The lowest BCUT2D eigenvalue weighted by molar-refractivity contribution is 0.415. The van der Waals surface area contributed by atoms with Crippen LogP contribution in [0.25, 0.3) is 0 Å². The quantitative estimate of drug-likeness (QED) is 0.487. The number of rotatable bonds is 2. The van der Waals surface area contributed by atoms with Crippen LogP contribution in [0, 0.1) is 0 Å². The van der Waals surface area contributed by atoms with Gasteiger partial charge in [0.1, 0.15) is 5.75 Å². The van der Waals surface area contributed by atoms with Crippen LogP contribution < -0.4 is 16.2 Å². The van der Waals surface area contributed by atoms with Gasteiger partial charge in [0.15, 0.2) is 5.96 Å². The Morgan fingerprint density at radius 1 is 1.18 bits per heavy atom. The van der Waals surface area contributed by atoms with Gasteiger partial charge in [-0.25, -0.2) is 4.99 Å². The van der Waals surface area contributed by atoms with E-state index in [-0.39, 0.29) is 30.8 Å². The summed E-state index contributed by atoms with van der Waals surface area (Å²) in [4.78, 5) is 10.2. The van der Waals surface area contributed by atoms with E-state index in [2.05, 4.69) is 23.0 Å². The number of guanidine groups is 2. The lowest BCUT2D eigenvalue weighted by atomic mass is 10.3. The van der Waals surface area contributed by atoms with Crippen LogP contribution in [0.5, 0.6) is 5.75 Å². The predicted molar refractivity (Wildman–Crippen MR) is 95.7 cm³/mol. The highest BCUT2D eigenvalue weighted by atomic mass is 35.5. The lowest BCUT2D eigenvalue weighted by Crippen LogP contribution is -2.37. The number of hydrogen-bond donors (Lipinski definition) is 2. The van der Waals surface area contributed by atoms with Crippen LogP contribution in [0.2, 0.25) is 0 Å². The van der Waals surface area contributed by atoms with Gasteiger partial charge in [-0.3, -0.25) is 0 Å². The second kappa shape index (κ2) is 9.17. The number of hydrogen-bond acceptors (Lipinski definition) is 2. The van der Waals surface area contributed by atoms with Crippen molar-refractivity contribution >= 4 is 42.4 Å². The maximum Gasteiger partial charge on any atom is 0.223 e. The van der Waals surface area contributed by atoms with Crippen LogP contribution in [0.1, 0.15) is 6.92 Å². The van der Waals surface area contributed by atoms with E-state index in [1.54, 1.807) is 19.2 Å². The monoisotopic (exact) mass is 345 g/mol. The summed E-state index contributed by atoms with van der Waals surface area (Å²) in [5, 5.41) is 0. The molecule has 1 heterocycles. The number of benzene rings is 1. The first kappa shape index (κ1) is 20.1. The number of halogens is 2. The van der Waals surface area contributed by atoms with Gasteiger partial charge in [-0.05, 0) is 31.2 Å². The molecule has 0 radical (unpaired) electrons. The zero-order valence-electron chi connectivity index (χ0n) is 12.5. The molecule has 4 N–H and O–H groups in total. The molecule has 0 unspecified atom stereocenters. The molecule has 8 heteroatoms. The Hall–Kier alpha value is -1.92. The molecule has 1 aliphatic heterocycles. The van der Waals surface area contributed by atoms with Gasteiger partial charge in [-0.15, -0.1) is 24.8 Å². The molecular formula is C14H21Cl2N5O. The average Bonchev–Trinajstić information content (AvgIpc) is 2.86. The summed E-state index contributed by atoms with van der Waals surface area (Å²) in [6.07, 6.45) is 2.11. The molecule has 1 aromatic rings. The van der Waals surface area contributed by atoms with E-state index in [1.165, 1.54) is 5.57 Å². The number of nitrogens with two attached hydrogens (primary N) is 2. The molecule has 6 nitrogen and oxygen atoms in total. The van der Waals surface area contributed by atoms with E-state index >= 15 is 0 Å². The highest BCUT2D eigenvalue weighted by Gasteiger charge is 2.13. The maximum absolute atomic E-state index is 5.90. The van der Waals surface area contributed by atoms with Crippen molar-refractivity contribution in [2.45, 2.75) is 6.92 Å². The summed E-state index contributed by atoms with van der Waals surface area (Å²) < 4.78 is 5.08. The van der Waals surface area contributed by atoms with E-state index < -0.39 is 0 Å². The molecule has 1 aliphatic rings. The van der Waals surface area contributed by atoms with Crippen molar-refractivity contribution in [2.24, 2.45) is 21.5 Å². The molecule has 0 fully saturated rings. The van der Waals surface area contributed by atoms with Crippen molar-refractivity contribution in [3.8, 4) is 5.75 Å². The normalized spacial score (nSPS) is 14.8. The summed E-state index contributed by atoms with van der Waals surface area (Å²) >= 11 is 0. The van der Waals surface area contributed by atoms with E-state index in [1.807, 2.05) is 17.0 Å². The first-order chi connectivity index (χ1) is 9.58. The van der Waals surface area contributed by atoms with E-state index in [0.717, 1.165) is 18.8 Å². The van der Waals surface area contributed by atoms with Crippen LogP contribution in [0.15, 0.2) is 45.9 Å². The van der Waals surface area contributed by atoms with E-state index in [0.29, 0.717) is 11.6 Å². The summed E-state index contributed by atoms with van der Waals surface area (Å²) in [5.74, 6) is 1.29. The Labute approximate surface area is 142 Å². The van der Waals surface area contributed by atoms with Gasteiger partial charge in [0.2, 0.25) is 5.96 Å². The van der Waals surface area contributed by atoms with Crippen LogP contribution in [-0.2, 0) is 0 Å². The number of nitrogens with zero attached hydrogens (tertiary/aromatic N) is 3. The molecule has 0 spiro atoms. The molecule has 22 heavy (non-hydrogen) atoms. The highest BCUT2D eigenvalue weighted by molar-refractivity contribution is 5.94. The van der Waals surface area contributed by atoms with Crippen LogP contribution in [-0.4, -0.2) is 37.0 Å². The number of methoxy groups -OCH3 is 1. The fourth-order valence-corrected chi connectivity index (χ4v) is 1.87. The minimum atomic E-state index is 0. The third kappa shape index (κ3) is 5.46. The van der Waals surface area contributed by atoms with Gasteiger partial charge in [-0.1, -0.05) is 11.6 Å². The van der Waals surface area contributed by atoms with Crippen molar-refractivity contribution in [1.82, 2.24) is 4.90 Å². The van der Waals surface area contributed by atoms with E-state index in [9.17, 15) is 0 Å². The Morgan fingerprint density at radius 3 is 2.32 bits per heavy atom. The summed E-state index contributed by atoms with van der Waals surface area (Å²) in [6.45, 7) is 3.60. The fourth-order valence-electron chi connectivity index (χ4n) is 1.87. The molecule has 0 aromatic heterocycles. The molecule has 0 atom stereocenters. The second-order valence-corrected chi connectivity index (χ2v) is 4.57. The zero-order chi connectivity index (χ0) is 14.5. The highest BCUT2D eigenvalue weighted by Crippen LogP contribution is 2.17. The topological polar surface area (TPSA) is 89.2 Å². The Morgan fingerprint density at radius 2 is 1.82 bits per heavy atom. The summed E-state index contributed by atoms with van der Waals surface area (Å²) in [5.41, 5.74) is 13.7. The SMILES string of the molecule is COc1ccc(N=C(N)/N=C(/N)N2CC=C(C)C2)cc1.Cl.Cl.